The van der Waals surface area contributed by atoms with Gasteiger partial charge in [0.1, 0.15) is 11.5 Å². The van der Waals surface area contributed by atoms with Gasteiger partial charge in [-0.05, 0) is 61.4 Å². The van der Waals surface area contributed by atoms with Crippen LogP contribution in [0.25, 0.3) is 0 Å². The average molecular weight is 611 g/mol. The standard InChI is InChI=1S/2C14H22O.C6H7P.ClH.Cr/c2*1-13(2,3)10-7-8-12(15)11(9-10)14(4,5)6;7-6-4-2-1-3-5-6;;/h2*7-9,15H,1-6H3;1-5H,7H2;1H;. The van der Waals surface area contributed by atoms with Gasteiger partial charge in [-0.2, -0.15) is 0 Å². The van der Waals surface area contributed by atoms with E-state index < -0.39 is 0 Å². The molecule has 0 aromatic heterocycles. The Labute approximate surface area is 258 Å². The van der Waals surface area contributed by atoms with Gasteiger partial charge in [0.15, 0.2) is 0 Å². The first kappa shape index (κ1) is 39.7. The molecule has 0 saturated heterocycles. The fourth-order valence-electron chi connectivity index (χ4n) is 3.66. The van der Waals surface area contributed by atoms with E-state index in [0.717, 1.165) is 11.1 Å². The molecule has 0 aliphatic carbocycles. The first-order valence-corrected chi connectivity index (χ1v) is 13.7. The van der Waals surface area contributed by atoms with Crippen LogP contribution in [0.5, 0.6) is 11.5 Å². The third kappa shape index (κ3) is 13.6. The van der Waals surface area contributed by atoms with Crippen molar-refractivity contribution in [3.63, 3.8) is 0 Å². The van der Waals surface area contributed by atoms with E-state index in [1.54, 1.807) is 12.1 Å². The van der Waals surface area contributed by atoms with Crippen molar-refractivity contribution < 1.29 is 27.6 Å². The van der Waals surface area contributed by atoms with Crippen LogP contribution in [0.4, 0.5) is 0 Å². The zero-order valence-corrected chi connectivity index (χ0v) is 29.4. The van der Waals surface area contributed by atoms with Crippen LogP contribution in [0.15, 0.2) is 66.7 Å². The second-order valence-electron chi connectivity index (χ2n) is 13.9. The molecule has 2 nitrogen and oxygen atoms in total. The van der Waals surface area contributed by atoms with Gasteiger partial charge < -0.3 is 10.2 Å². The summed E-state index contributed by atoms with van der Waals surface area (Å²) in [4.78, 5) is 0. The van der Waals surface area contributed by atoms with E-state index in [4.69, 9.17) is 0 Å². The number of rotatable bonds is 0. The number of aromatic hydroxyl groups is 2. The van der Waals surface area contributed by atoms with Gasteiger partial charge in [-0.3, -0.25) is 0 Å². The molecule has 1 atom stereocenters. The second-order valence-corrected chi connectivity index (χ2v) is 14.5. The van der Waals surface area contributed by atoms with Crippen molar-refractivity contribution in [2.75, 3.05) is 0 Å². The maximum atomic E-state index is 9.84. The van der Waals surface area contributed by atoms with Gasteiger partial charge in [0.2, 0.25) is 0 Å². The zero-order valence-electron chi connectivity index (χ0n) is 26.1. The summed E-state index contributed by atoms with van der Waals surface area (Å²) in [5, 5.41) is 20.9. The summed E-state index contributed by atoms with van der Waals surface area (Å²) < 4.78 is 0. The SMILES string of the molecule is CC(C)(C)c1ccc(O)c(C(C)(C)C)c1.CC(C)(C)c1ccc(O)c(C(C)(C)C)c1.Cl.Pc1ccccc1.[Cr]. The molecule has 0 aliphatic heterocycles. The van der Waals surface area contributed by atoms with Crippen LogP contribution in [0.1, 0.15) is 105 Å². The number of hydrogen-bond acceptors (Lipinski definition) is 2. The maximum absolute atomic E-state index is 9.84. The molecule has 3 aromatic carbocycles. The predicted molar refractivity (Wildman–Crippen MR) is 174 cm³/mol. The molecule has 39 heavy (non-hydrogen) atoms. The first-order chi connectivity index (χ1) is 16.6. The third-order valence-electron chi connectivity index (χ3n) is 6.14. The Morgan fingerprint density at radius 2 is 0.795 bits per heavy atom. The number of halogens is 1. The van der Waals surface area contributed by atoms with Crippen molar-refractivity contribution in [3.05, 3.63) is 89.0 Å². The number of phenolic OH excluding ortho intramolecular Hbond substituents is 2. The molecule has 0 saturated carbocycles. The molecule has 0 aliphatic rings. The van der Waals surface area contributed by atoms with Crippen molar-refractivity contribution in [1.29, 1.82) is 0 Å². The van der Waals surface area contributed by atoms with Crippen LogP contribution in [-0.2, 0) is 39.0 Å². The van der Waals surface area contributed by atoms with E-state index in [-0.39, 0.29) is 51.4 Å². The van der Waals surface area contributed by atoms with Gasteiger partial charge in [0.05, 0.1) is 0 Å². The van der Waals surface area contributed by atoms with E-state index in [1.807, 2.05) is 42.5 Å². The Bertz CT molecular complexity index is 1060. The van der Waals surface area contributed by atoms with Crippen LogP contribution in [0.2, 0.25) is 0 Å². The van der Waals surface area contributed by atoms with E-state index >= 15 is 0 Å². The Hall–Kier alpha value is -1.49. The Balaban J connectivity index is 0. The monoisotopic (exact) mass is 610 g/mol. The van der Waals surface area contributed by atoms with Crippen molar-refractivity contribution >= 4 is 27.0 Å². The van der Waals surface area contributed by atoms with Crippen LogP contribution < -0.4 is 5.30 Å². The molecule has 0 fully saturated rings. The molecule has 5 heteroatoms. The molecule has 218 valence electrons. The van der Waals surface area contributed by atoms with Crippen molar-refractivity contribution in [1.82, 2.24) is 0 Å². The van der Waals surface area contributed by atoms with Gasteiger partial charge in [0.25, 0.3) is 0 Å². The topological polar surface area (TPSA) is 40.5 Å². The van der Waals surface area contributed by atoms with Crippen LogP contribution in [-0.4, -0.2) is 10.2 Å². The molecule has 0 spiro atoms. The maximum Gasteiger partial charge on any atom is 0.119 e. The Kier molecular flexibility index (Phi) is 15.8. The van der Waals surface area contributed by atoms with Gasteiger partial charge in [-0.1, -0.05) is 138 Å². The normalized spacial score (nSPS) is 11.5. The second kappa shape index (κ2) is 15.5. The summed E-state index contributed by atoms with van der Waals surface area (Å²) >= 11 is 0. The minimum atomic E-state index is -0.00859. The molecular weight excluding hydrogens is 559 g/mol. The van der Waals surface area contributed by atoms with E-state index in [2.05, 4.69) is 104 Å². The van der Waals surface area contributed by atoms with Gasteiger partial charge in [0, 0.05) is 17.4 Å². The molecule has 0 bridgehead atoms. The summed E-state index contributed by atoms with van der Waals surface area (Å²) in [6, 6.07) is 22.0. The number of phenols is 2. The molecule has 3 rings (SSSR count). The fraction of sp³-hybridized carbons (Fsp3) is 0.471. The zero-order chi connectivity index (χ0) is 28.8. The van der Waals surface area contributed by atoms with E-state index in [9.17, 15) is 10.2 Å². The largest absolute Gasteiger partial charge is 0.508 e. The minimum absolute atomic E-state index is 0. The van der Waals surface area contributed by atoms with E-state index in [1.165, 1.54) is 16.4 Å². The smallest absolute Gasteiger partial charge is 0.119 e. The summed E-state index contributed by atoms with van der Waals surface area (Å²) in [7, 11) is 2.63. The Morgan fingerprint density at radius 1 is 0.487 bits per heavy atom. The number of benzene rings is 3. The first-order valence-electron chi connectivity index (χ1n) is 13.1. The predicted octanol–water partition coefficient (Wildman–Crippen LogP) is 9.58. The molecule has 1 unspecified atom stereocenters. The van der Waals surface area contributed by atoms with E-state index in [0.29, 0.717) is 11.5 Å². The quantitative estimate of drug-likeness (QED) is 0.249. The minimum Gasteiger partial charge on any atom is -0.508 e. The Morgan fingerprint density at radius 3 is 1.00 bits per heavy atom. The molecule has 3 aromatic rings. The fourth-order valence-corrected chi connectivity index (χ4v) is 3.88. The summed E-state index contributed by atoms with van der Waals surface area (Å²) in [6.45, 7) is 25.8. The van der Waals surface area contributed by atoms with Crippen LogP contribution >= 0.6 is 21.6 Å². The van der Waals surface area contributed by atoms with Crippen molar-refractivity contribution in [2.45, 2.75) is 105 Å². The third-order valence-corrected chi connectivity index (χ3v) is 6.53. The summed E-state index contributed by atoms with van der Waals surface area (Å²) in [6.07, 6.45) is 0. The molecule has 0 radical (unpaired) electrons. The molecular formula is C34H52ClCrO2P. The molecule has 2 N–H and O–H groups in total. The van der Waals surface area contributed by atoms with Crippen LogP contribution in [0, 0.1) is 0 Å². The van der Waals surface area contributed by atoms with Crippen molar-refractivity contribution in [3.8, 4) is 11.5 Å². The molecule has 0 heterocycles. The molecule has 0 amide bonds. The summed E-state index contributed by atoms with van der Waals surface area (Å²) in [5.41, 5.74) is 4.83. The van der Waals surface area contributed by atoms with Crippen LogP contribution in [0.3, 0.4) is 0 Å². The summed E-state index contributed by atoms with van der Waals surface area (Å²) in [5.74, 6) is 0.797. The van der Waals surface area contributed by atoms with Gasteiger partial charge >= 0.3 is 0 Å². The van der Waals surface area contributed by atoms with Gasteiger partial charge in [-0.25, -0.2) is 0 Å². The van der Waals surface area contributed by atoms with Gasteiger partial charge in [-0.15, -0.1) is 21.6 Å². The average Bonchev–Trinajstić information content (AvgIpc) is 2.72. The van der Waals surface area contributed by atoms with Crippen molar-refractivity contribution in [2.24, 2.45) is 0 Å². The number of hydrogen-bond donors (Lipinski definition) is 2.